The van der Waals surface area contributed by atoms with Crippen LogP contribution in [0.4, 0.5) is 0 Å². The summed E-state index contributed by atoms with van der Waals surface area (Å²) in [6.45, 7) is 0.444. The lowest BCUT2D eigenvalue weighted by Crippen LogP contribution is -1.98. The zero-order chi connectivity index (χ0) is 20.9. The molecule has 0 amide bonds. The first-order valence-corrected chi connectivity index (χ1v) is 10.9. The molecule has 2 aromatic heterocycles. The lowest BCUT2D eigenvalue weighted by molar-refractivity contribution is 0.301. The van der Waals surface area contributed by atoms with Crippen LogP contribution in [0.15, 0.2) is 89.8 Å². The summed E-state index contributed by atoms with van der Waals surface area (Å²) in [5, 5.41) is 15.1. The van der Waals surface area contributed by atoms with Crippen LogP contribution in [0.1, 0.15) is 11.3 Å². The molecule has 0 atom stereocenters. The molecule has 0 fully saturated rings. The van der Waals surface area contributed by atoms with Crippen LogP contribution < -0.4 is 4.74 Å². The molecular formula is C24H19N5OS. The van der Waals surface area contributed by atoms with Crippen LogP contribution >= 0.6 is 11.8 Å². The molecule has 1 N–H and O–H groups in total. The number of aromatic amines is 1. The zero-order valence-corrected chi connectivity index (χ0v) is 17.4. The van der Waals surface area contributed by atoms with E-state index in [1.807, 2.05) is 48.5 Å². The minimum absolute atomic E-state index is 0.444. The average Bonchev–Trinajstić information content (AvgIpc) is 3.37. The molecule has 0 saturated heterocycles. The fraction of sp³-hybridized carbons (Fsp3) is 0.0833. The molecule has 3 aromatic carbocycles. The van der Waals surface area contributed by atoms with Gasteiger partial charge in [0.05, 0.1) is 11.2 Å². The topological polar surface area (TPSA) is 76.6 Å². The highest BCUT2D eigenvalue weighted by Crippen LogP contribution is 2.26. The second-order valence-electron chi connectivity index (χ2n) is 6.99. The number of thioether (sulfide) groups is 1. The maximum absolute atomic E-state index is 6.00. The number of para-hydroxylation sites is 1. The van der Waals surface area contributed by atoms with Crippen LogP contribution in [-0.4, -0.2) is 25.6 Å². The monoisotopic (exact) mass is 425 g/mol. The number of H-pyrrole nitrogens is 1. The lowest BCUT2D eigenvalue weighted by atomic mass is 10.2. The van der Waals surface area contributed by atoms with Gasteiger partial charge in [-0.1, -0.05) is 48.5 Å². The van der Waals surface area contributed by atoms with E-state index in [1.54, 1.807) is 11.8 Å². The van der Waals surface area contributed by atoms with Crippen molar-refractivity contribution < 1.29 is 4.74 Å². The number of benzene rings is 3. The summed E-state index contributed by atoms with van der Waals surface area (Å²) in [5.41, 5.74) is 4.07. The Morgan fingerprint density at radius 2 is 1.77 bits per heavy atom. The fourth-order valence-electron chi connectivity index (χ4n) is 3.23. The Labute approximate surface area is 183 Å². The van der Waals surface area contributed by atoms with Crippen molar-refractivity contribution in [2.45, 2.75) is 17.3 Å². The van der Waals surface area contributed by atoms with Crippen LogP contribution in [-0.2, 0) is 12.4 Å². The lowest BCUT2D eigenvalue weighted by Gasteiger charge is -2.09. The fourth-order valence-corrected chi connectivity index (χ4v) is 4.07. The number of hydrogen-bond donors (Lipinski definition) is 1. The van der Waals surface area contributed by atoms with Gasteiger partial charge in [-0.05, 0) is 52.4 Å². The summed E-state index contributed by atoms with van der Waals surface area (Å²) in [7, 11) is 0. The number of tetrazole rings is 1. The zero-order valence-electron chi connectivity index (χ0n) is 16.6. The predicted octanol–water partition coefficient (Wildman–Crippen LogP) is 5.29. The Hall–Kier alpha value is -3.71. The van der Waals surface area contributed by atoms with E-state index >= 15 is 0 Å². The van der Waals surface area contributed by atoms with E-state index in [0.29, 0.717) is 12.4 Å². The summed E-state index contributed by atoms with van der Waals surface area (Å²) < 4.78 is 6.00. The van der Waals surface area contributed by atoms with Crippen molar-refractivity contribution in [1.29, 1.82) is 0 Å². The summed E-state index contributed by atoms with van der Waals surface area (Å²) >= 11 is 1.77. The standard InChI is InChI=1S/C24H19N5OS/c1-2-7-23-18(5-1)8-11-20(25-23)15-30-21-6-3-4-17(14-21)16-31-22-12-9-19(10-13-22)24-26-28-29-27-24/h1-14H,15-16H2,(H,26,27,28,29). The Morgan fingerprint density at radius 1 is 0.871 bits per heavy atom. The van der Waals surface area contributed by atoms with Crippen molar-refractivity contribution in [3.05, 3.63) is 96.2 Å². The number of pyridine rings is 1. The first-order valence-electron chi connectivity index (χ1n) is 9.87. The Balaban J connectivity index is 1.19. The van der Waals surface area contributed by atoms with Crippen LogP contribution in [0.2, 0.25) is 0 Å². The number of ether oxygens (including phenoxy) is 1. The van der Waals surface area contributed by atoms with Gasteiger partial charge in [-0.25, -0.2) is 10.1 Å². The van der Waals surface area contributed by atoms with Gasteiger partial charge in [0.1, 0.15) is 12.4 Å². The van der Waals surface area contributed by atoms with E-state index in [9.17, 15) is 0 Å². The quantitative estimate of drug-likeness (QED) is 0.357. The van der Waals surface area contributed by atoms with Crippen LogP contribution in [0.3, 0.4) is 0 Å². The third-order valence-electron chi connectivity index (χ3n) is 4.82. The summed E-state index contributed by atoms with van der Waals surface area (Å²) in [6, 6.07) is 28.6. The molecule has 0 aliphatic carbocycles. The second-order valence-corrected chi connectivity index (χ2v) is 8.04. The van der Waals surface area contributed by atoms with Crippen molar-refractivity contribution in [2.75, 3.05) is 0 Å². The highest BCUT2D eigenvalue weighted by Gasteiger charge is 2.04. The molecule has 2 heterocycles. The number of nitrogens with one attached hydrogen (secondary N) is 1. The first-order chi connectivity index (χ1) is 15.3. The van der Waals surface area contributed by atoms with E-state index in [0.717, 1.165) is 33.7 Å². The van der Waals surface area contributed by atoms with Gasteiger partial charge in [-0.15, -0.1) is 16.9 Å². The van der Waals surface area contributed by atoms with E-state index in [1.165, 1.54) is 10.5 Å². The molecule has 152 valence electrons. The number of rotatable bonds is 7. The van der Waals surface area contributed by atoms with Crippen molar-refractivity contribution in [3.63, 3.8) is 0 Å². The molecule has 31 heavy (non-hydrogen) atoms. The van der Waals surface area contributed by atoms with Crippen molar-refractivity contribution >= 4 is 22.7 Å². The Morgan fingerprint density at radius 3 is 2.65 bits per heavy atom. The van der Waals surface area contributed by atoms with E-state index in [4.69, 9.17) is 4.74 Å². The third-order valence-corrected chi connectivity index (χ3v) is 5.90. The van der Waals surface area contributed by atoms with Gasteiger partial charge >= 0.3 is 0 Å². The molecule has 0 aliphatic heterocycles. The van der Waals surface area contributed by atoms with Crippen molar-refractivity contribution in [1.82, 2.24) is 25.6 Å². The smallest absolute Gasteiger partial charge is 0.179 e. The van der Waals surface area contributed by atoms with Gasteiger partial charge in [0.25, 0.3) is 0 Å². The van der Waals surface area contributed by atoms with Gasteiger partial charge in [0.15, 0.2) is 5.82 Å². The minimum atomic E-state index is 0.444. The molecule has 5 aromatic rings. The summed E-state index contributed by atoms with van der Waals surface area (Å²) in [5.74, 6) is 2.37. The maximum atomic E-state index is 6.00. The number of nitrogens with zero attached hydrogens (tertiary/aromatic N) is 4. The average molecular weight is 426 g/mol. The SMILES string of the molecule is c1cc(CSc2ccc(-c3nnn[nH]3)cc2)cc(OCc2ccc3ccccc3n2)c1. The molecular weight excluding hydrogens is 406 g/mol. The highest BCUT2D eigenvalue weighted by atomic mass is 32.2. The van der Waals surface area contributed by atoms with Gasteiger partial charge in [0.2, 0.25) is 0 Å². The maximum Gasteiger partial charge on any atom is 0.179 e. The molecule has 0 bridgehead atoms. The molecule has 0 radical (unpaired) electrons. The molecule has 0 saturated carbocycles. The molecule has 7 heteroatoms. The molecule has 6 nitrogen and oxygen atoms in total. The number of hydrogen-bond acceptors (Lipinski definition) is 6. The Kier molecular flexibility index (Phi) is 5.58. The number of aromatic nitrogens is 5. The minimum Gasteiger partial charge on any atom is -0.487 e. The number of fused-ring (bicyclic) bond motifs is 1. The molecule has 5 rings (SSSR count). The van der Waals surface area contributed by atoms with E-state index in [-0.39, 0.29) is 0 Å². The predicted molar refractivity (Wildman–Crippen MR) is 122 cm³/mol. The first kappa shape index (κ1) is 19.3. The molecule has 0 aliphatic rings. The summed E-state index contributed by atoms with van der Waals surface area (Å²) in [4.78, 5) is 5.85. The largest absolute Gasteiger partial charge is 0.487 e. The van der Waals surface area contributed by atoms with Crippen LogP contribution in [0.25, 0.3) is 22.3 Å². The third kappa shape index (κ3) is 4.73. The normalized spacial score (nSPS) is 11.0. The second kappa shape index (κ2) is 8.97. The van der Waals surface area contributed by atoms with Crippen molar-refractivity contribution in [2.24, 2.45) is 0 Å². The highest BCUT2D eigenvalue weighted by molar-refractivity contribution is 7.98. The van der Waals surface area contributed by atoms with E-state index in [2.05, 4.69) is 62.0 Å². The van der Waals surface area contributed by atoms with Gasteiger partial charge in [-0.2, -0.15) is 0 Å². The molecule has 0 spiro atoms. The molecule has 0 unspecified atom stereocenters. The van der Waals surface area contributed by atoms with E-state index < -0.39 is 0 Å². The van der Waals surface area contributed by atoms with Gasteiger partial charge in [-0.3, -0.25) is 0 Å². The summed E-state index contributed by atoms with van der Waals surface area (Å²) in [6.07, 6.45) is 0. The van der Waals surface area contributed by atoms with Gasteiger partial charge in [0, 0.05) is 21.6 Å². The van der Waals surface area contributed by atoms with Crippen molar-refractivity contribution in [3.8, 4) is 17.1 Å². The Bertz CT molecular complexity index is 1290. The van der Waals surface area contributed by atoms with Crippen LogP contribution in [0, 0.1) is 0 Å². The van der Waals surface area contributed by atoms with Crippen LogP contribution in [0.5, 0.6) is 5.75 Å². The van der Waals surface area contributed by atoms with Gasteiger partial charge < -0.3 is 4.74 Å².